The van der Waals surface area contributed by atoms with E-state index >= 15 is 0 Å². The van der Waals surface area contributed by atoms with Crippen LogP contribution in [0.2, 0.25) is 0 Å². The van der Waals surface area contributed by atoms with Crippen molar-refractivity contribution in [1.82, 2.24) is 10.3 Å². The molecule has 1 heterocycles. The third-order valence-electron chi connectivity index (χ3n) is 4.06. The molecule has 0 bridgehead atoms. The van der Waals surface area contributed by atoms with Crippen molar-refractivity contribution in [1.29, 1.82) is 0 Å². The number of carbonyl (C=O) groups is 2. The van der Waals surface area contributed by atoms with Gasteiger partial charge in [-0.3, -0.25) is 14.6 Å². The molecule has 0 spiro atoms. The van der Waals surface area contributed by atoms with Crippen molar-refractivity contribution in [2.75, 3.05) is 11.1 Å². The zero-order valence-electron chi connectivity index (χ0n) is 15.4. The predicted molar refractivity (Wildman–Crippen MR) is 110 cm³/mol. The molecule has 0 saturated heterocycles. The summed E-state index contributed by atoms with van der Waals surface area (Å²) in [5.41, 5.74) is 8.28. The number of rotatable bonds is 6. The molecule has 0 saturated carbocycles. The van der Waals surface area contributed by atoms with E-state index in [1.54, 1.807) is 48.8 Å². The summed E-state index contributed by atoms with van der Waals surface area (Å²) in [6.07, 6.45) is 6.43. The number of nitrogens with two attached hydrogens (primary N) is 1. The fourth-order valence-electron chi connectivity index (χ4n) is 2.50. The van der Waals surface area contributed by atoms with Crippen molar-refractivity contribution in [3.05, 3.63) is 95.6 Å². The minimum atomic E-state index is -0.488. The normalized spacial score (nSPS) is 10.7. The number of aromatic nitrogens is 1. The number of hydrogen-bond acceptors (Lipinski definition) is 4. The first-order chi connectivity index (χ1) is 14.0. The third kappa shape index (κ3) is 5.74. The zero-order valence-corrected chi connectivity index (χ0v) is 15.4. The first kappa shape index (κ1) is 19.8. The first-order valence-electron chi connectivity index (χ1n) is 8.82. The van der Waals surface area contributed by atoms with Crippen molar-refractivity contribution in [3.63, 3.8) is 0 Å². The van der Waals surface area contributed by atoms with Crippen molar-refractivity contribution in [2.24, 2.45) is 0 Å². The van der Waals surface area contributed by atoms with E-state index in [2.05, 4.69) is 15.6 Å². The Bertz CT molecular complexity index is 1030. The standard InChI is InChI=1S/C22H19FN4O2/c23-18-8-9-19(24)20(12-18)27-22(29)17-6-3-16(4-7-17)14-26-21(28)10-5-15-2-1-11-25-13-15/h1-13H,14,24H2,(H,26,28)(H,27,29). The van der Waals surface area contributed by atoms with E-state index in [4.69, 9.17) is 5.73 Å². The van der Waals surface area contributed by atoms with Crippen LogP contribution in [0.15, 0.2) is 73.1 Å². The molecule has 0 aliphatic carbocycles. The Labute approximate surface area is 167 Å². The molecule has 0 radical (unpaired) electrons. The van der Waals surface area contributed by atoms with Crippen LogP contribution in [-0.4, -0.2) is 16.8 Å². The maximum atomic E-state index is 13.3. The Morgan fingerprint density at radius 2 is 1.90 bits per heavy atom. The molecule has 1 aromatic heterocycles. The van der Waals surface area contributed by atoms with Crippen LogP contribution >= 0.6 is 0 Å². The van der Waals surface area contributed by atoms with Crippen LogP contribution in [0.5, 0.6) is 0 Å². The highest BCUT2D eigenvalue weighted by atomic mass is 19.1. The monoisotopic (exact) mass is 390 g/mol. The molecule has 0 aliphatic heterocycles. The maximum absolute atomic E-state index is 13.3. The topological polar surface area (TPSA) is 97.1 Å². The fourth-order valence-corrected chi connectivity index (χ4v) is 2.50. The summed E-state index contributed by atoms with van der Waals surface area (Å²) in [6, 6.07) is 14.1. The van der Waals surface area contributed by atoms with Gasteiger partial charge in [-0.2, -0.15) is 0 Å². The highest BCUT2D eigenvalue weighted by Gasteiger charge is 2.09. The van der Waals surface area contributed by atoms with Crippen molar-refractivity contribution < 1.29 is 14.0 Å². The summed E-state index contributed by atoms with van der Waals surface area (Å²) in [7, 11) is 0. The molecular weight excluding hydrogens is 371 g/mol. The van der Waals surface area contributed by atoms with Crippen LogP contribution < -0.4 is 16.4 Å². The Hall–Kier alpha value is -4.00. The van der Waals surface area contributed by atoms with Gasteiger partial charge in [0.2, 0.25) is 5.91 Å². The number of hydrogen-bond donors (Lipinski definition) is 3. The minimum Gasteiger partial charge on any atom is -0.397 e. The molecule has 0 fully saturated rings. The number of amides is 2. The zero-order chi connectivity index (χ0) is 20.6. The molecule has 2 aromatic carbocycles. The van der Waals surface area contributed by atoms with Crippen molar-refractivity contribution in [3.8, 4) is 0 Å². The molecule has 2 amide bonds. The van der Waals surface area contributed by atoms with Gasteiger partial charge in [-0.25, -0.2) is 4.39 Å². The summed E-state index contributed by atoms with van der Waals surface area (Å²) in [6.45, 7) is 0.314. The number of nitrogen functional groups attached to an aromatic ring is 1. The smallest absolute Gasteiger partial charge is 0.255 e. The molecule has 0 unspecified atom stereocenters. The maximum Gasteiger partial charge on any atom is 0.255 e. The summed E-state index contributed by atoms with van der Waals surface area (Å²) >= 11 is 0. The van der Waals surface area contributed by atoms with Gasteiger partial charge in [0.15, 0.2) is 0 Å². The third-order valence-corrected chi connectivity index (χ3v) is 4.06. The van der Waals surface area contributed by atoms with E-state index < -0.39 is 11.7 Å². The highest BCUT2D eigenvalue weighted by Crippen LogP contribution is 2.20. The van der Waals surface area contributed by atoms with Crippen LogP contribution in [0.3, 0.4) is 0 Å². The van der Waals surface area contributed by atoms with E-state index in [0.717, 1.165) is 17.2 Å². The second-order valence-electron chi connectivity index (χ2n) is 6.22. The molecule has 29 heavy (non-hydrogen) atoms. The van der Waals surface area contributed by atoms with Crippen LogP contribution in [0.25, 0.3) is 6.08 Å². The van der Waals surface area contributed by atoms with Gasteiger partial charge < -0.3 is 16.4 Å². The summed E-state index contributed by atoms with van der Waals surface area (Å²) < 4.78 is 13.3. The molecule has 146 valence electrons. The molecular formula is C22H19FN4O2. The van der Waals surface area contributed by atoms with Crippen LogP contribution in [0.1, 0.15) is 21.5 Å². The number of anilines is 2. The lowest BCUT2D eigenvalue weighted by Gasteiger charge is -2.09. The Morgan fingerprint density at radius 3 is 2.62 bits per heavy atom. The lowest BCUT2D eigenvalue weighted by molar-refractivity contribution is -0.116. The second-order valence-corrected chi connectivity index (χ2v) is 6.22. The predicted octanol–water partition coefficient (Wildman–Crippen LogP) is 3.38. The molecule has 0 atom stereocenters. The van der Waals surface area contributed by atoms with Gasteiger partial charge in [0, 0.05) is 30.6 Å². The van der Waals surface area contributed by atoms with E-state index in [1.807, 2.05) is 6.07 Å². The highest BCUT2D eigenvalue weighted by molar-refractivity contribution is 6.05. The van der Waals surface area contributed by atoms with Gasteiger partial charge in [-0.15, -0.1) is 0 Å². The van der Waals surface area contributed by atoms with Gasteiger partial charge in [-0.1, -0.05) is 18.2 Å². The Morgan fingerprint density at radius 1 is 1.10 bits per heavy atom. The number of benzene rings is 2. The van der Waals surface area contributed by atoms with Crippen molar-refractivity contribution >= 4 is 29.3 Å². The quantitative estimate of drug-likeness (QED) is 0.444. The van der Waals surface area contributed by atoms with E-state index in [1.165, 1.54) is 18.2 Å². The van der Waals surface area contributed by atoms with Gasteiger partial charge in [-0.05, 0) is 53.6 Å². The van der Waals surface area contributed by atoms with E-state index in [0.29, 0.717) is 12.1 Å². The molecule has 3 rings (SSSR count). The number of nitrogens with zero attached hydrogens (tertiary/aromatic N) is 1. The summed E-state index contributed by atoms with van der Waals surface area (Å²) in [5.74, 6) is -1.13. The molecule has 7 heteroatoms. The van der Waals surface area contributed by atoms with E-state index in [-0.39, 0.29) is 17.3 Å². The van der Waals surface area contributed by atoms with Gasteiger partial charge in [0.05, 0.1) is 11.4 Å². The average molecular weight is 390 g/mol. The number of pyridine rings is 1. The number of halogens is 1. The Balaban J connectivity index is 1.54. The average Bonchev–Trinajstić information content (AvgIpc) is 2.74. The number of nitrogens with one attached hydrogen (secondary N) is 2. The SMILES string of the molecule is Nc1ccc(F)cc1NC(=O)c1ccc(CNC(=O)C=Cc2cccnc2)cc1. The molecule has 0 aliphatic rings. The van der Waals surface area contributed by atoms with Crippen LogP contribution in [0, 0.1) is 5.82 Å². The van der Waals surface area contributed by atoms with Crippen LogP contribution in [0.4, 0.5) is 15.8 Å². The summed E-state index contributed by atoms with van der Waals surface area (Å²) in [4.78, 5) is 28.2. The fraction of sp³-hybridized carbons (Fsp3) is 0.0455. The van der Waals surface area contributed by atoms with Crippen LogP contribution in [-0.2, 0) is 11.3 Å². The van der Waals surface area contributed by atoms with Gasteiger partial charge in [0.1, 0.15) is 5.82 Å². The number of carbonyl (C=O) groups excluding carboxylic acids is 2. The molecule has 6 nitrogen and oxygen atoms in total. The van der Waals surface area contributed by atoms with E-state index in [9.17, 15) is 14.0 Å². The molecule has 3 aromatic rings. The van der Waals surface area contributed by atoms with Gasteiger partial charge >= 0.3 is 0 Å². The second kappa shape index (κ2) is 9.27. The van der Waals surface area contributed by atoms with Gasteiger partial charge in [0.25, 0.3) is 5.91 Å². The van der Waals surface area contributed by atoms with Crippen molar-refractivity contribution in [2.45, 2.75) is 6.54 Å². The minimum absolute atomic E-state index is 0.215. The lowest BCUT2D eigenvalue weighted by Crippen LogP contribution is -2.20. The Kier molecular flexibility index (Phi) is 6.32. The molecule has 4 N–H and O–H groups in total. The lowest BCUT2D eigenvalue weighted by atomic mass is 10.1. The largest absolute Gasteiger partial charge is 0.397 e. The summed E-state index contributed by atoms with van der Waals surface area (Å²) in [5, 5.41) is 5.35. The first-order valence-corrected chi connectivity index (χ1v) is 8.82.